The molecule has 0 radical (unpaired) electrons. The van der Waals surface area contributed by atoms with Crippen LogP contribution < -0.4 is 10.5 Å². The number of nitrogens with two attached hydrogens (primary N) is 1. The summed E-state index contributed by atoms with van der Waals surface area (Å²) in [4.78, 5) is 16.8. The Hall–Kier alpha value is -4.38. The van der Waals surface area contributed by atoms with Crippen LogP contribution in [-0.4, -0.2) is 22.1 Å². The first-order chi connectivity index (χ1) is 22.1. The molecule has 3 atom stereocenters. The zero-order valence-electron chi connectivity index (χ0n) is 27.6. The van der Waals surface area contributed by atoms with Crippen molar-refractivity contribution in [1.82, 2.24) is 9.55 Å². The molecule has 0 aliphatic heterocycles. The number of nitrogens with zero attached hydrogens (tertiary/aromatic N) is 2. The van der Waals surface area contributed by atoms with Gasteiger partial charge in [-0.25, -0.2) is 4.98 Å². The quantitative estimate of drug-likeness (QED) is 0.190. The van der Waals surface area contributed by atoms with Crippen molar-refractivity contribution in [2.75, 3.05) is 6.61 Å². The minimum atomic E-state index is -0.492. The molecule has 1 fully saturated rings. The summed E-state index contributed by atoms with van der Waals surface area (Å²) >= 11 is 0. The summed E-state index contributed by atoms with van der Waals surface area (Å²) in [5.74, 6) is 2.15. The Kier molecular flexibility index (Phi) is 7.75. The van der Waals surface area contributed by atoms with Gasteiger partial charge in [0.25, 0.3) is 5.91 Å². The average molecular weight is 612 g/mol. The van der Waals surface area contributed by atoms with Crippen LogP contribution in [0.3, 0.4) is 0 Å². The summed E-state index contributed by atoms with van der Waals surface area (Å²) in [6.07, 6.45) is 5.99. The molecule has 2 aliphatic carbocycles. The van der Waals surface area contributed by atoms with Gasteiger partial charge in [-0.05, 0) is 100 Å². The molecule has 236 valence electrons. The number of rotatable bonds is 8. The van der Waals surface area contributed by atoms with E-state index in [2.05, 4.69) is 99.0 Å². The summed E-state index contributed by atoms with van der Waals surface area (Å²) in [7, 11) is 0. The fourth-order valence-electron chi connectivity index (χ4n) is 8.75. The van der Waals surface area contributed by atoms with Gasteiger partial charge in [-0.1, -0.05) is 101 Å². The van der Waals surface area contributed by atoms with Crippen LogP contribution in [0.5, 0.6) is 5.75 Å². The van der Waals surface area contributed by atoms with Gasteiger partial charge in [0.05, 0.1) is 11.0 Å². The van der Waals surface area contributed by atoms with Crippen molar-refractivity contribution in [3.63, 3.8) is 0 Å². The second-order valence-corrected chi connectivity index (χ2v) is 14.5. The van der Waals surface area contributed by atoms with Crippen molar-refractivity contribution in [2.45, 2.75) is 77.7 Å². The number of hydrogen-bond donors (Lipinski definition) is 1. The largest absolute Gasteiger partial charge is 0.484 e. The lowest BCUT2D eigenvalue weighted by Crippen LogP contribution is -2.50. The van der Waals surface area contributed by atoms with Gasteiger partial charge >= 0.3 is 0 Å². The van der Waals surface area contributed by atoms with E-state index in [9.17, 15) is 4.79 Å². The van der Waals surface area contributed by atoms with E-state index in [1.165, 1.54) is 36.8 Å². The predicted octanol–water partition coefficient (Wildman–Crippen LogP) is 9.07. The van der Waals surface area contributed by atoms with Crippen LogP contribution in [-0.2, 0) is 23.2 Å². The fourth-order valence-corrected chi connectivity index (χ4v) is 8.75. The van der Waals surface area contributed by atoms with Gasteiger partial charge in [-0.15, -0.1) is 0 Å². The standard InChI is InChI=1S/C41H45N3O2/c1-27(2)29-14-17-34-31(22-29)16-19-37-40(3,20-9-21-41(34,37)4)26-44-36-18-15-30(28-10-6-5-7-11-28)24-35(36)43-39(44)32-12-8-13-33(23-32)46-25-38(42)45/h5-8,10-15,17-18,22-24,27,37H,9,16,19-21,25-26H2,1-4H3,(H2,42,45)/t37-,40-,41+/m0/s1. The van der Waals surface area contributed by atoms with Crippen LogP contribution in [0.15, 0.2) is 91.0 Å². The van der Waals surface area contributed by atoms with E-state index < -0.39 is 5.91 Å². The Bertz CT molecular complexity index is 1910. The lowest BCUT2D eigenvalue weighted by Gasteiger charge is -2.56. The number of amides is 1. The maximum absolute atomic E-state index is 11.5. The molecule has 1 saturated carbocycles. The van der Waals surface area contributed by atoms with E-state index in [4.69, 9.17) is 15.5 Å². The van der Waals surface area contributed by atoms with Gasteiger partial charge in [0, 0.05) is 12.1 Å². The van der Waals surface area contributed by atoms with Crippen LogP contribution >= 0.6 is 0 Å². The van der Waals surface area contributed by atoms with E-state index in [0.29, 0.717) is 17.6 Å². The predicted molar refractivity (Wildman–Crippen MR) is 187 cm³/mol. The molecule has 0 spiro atoms. The molecule has 4 aromatic carbocycles. The van der Waals surface area contributed by atoms with Gasteiger partial charge in [0.15, 0.2) is 6.61 Å². The van der Waals surface area contributed by atoms with Gasteiger partial charge < -0.3 is 15.0 Å². The smallest absolute Gasteiger partial charge is 0.255 e. The summed E-state index contributed by atoms with van der Waals surface area (Å²) < 4.78 is 8.18. The van der Waals surface area contributed by atoms with E-state index >= 15 is 0 Å². The maximum atomic E-state index is 11.5. The second-order valence-electron chi connectivity index (χ2n) is 14.5. The number of primary amides is 1. The molecule has 7 rings (SSSR count). The number of ether oxygens (including phenoxy) is 1. The molecule has 2 aliphatic rings. The van der Waals surface area contributed by atoms with Crippen molar-refractivity contribution >= 4 is 16.9 Å². The minimum Gasteiger partial charge on any atom is -0.484 e. The van der Waals surface area contributed by atoms with Crippen molar-refractivity contribution in [2.24, 2.45) is 17.1 Å². The number of carbonyl (C=O) groups excluding carboxylic acids is 1. The lowest BCUT2D eigenvalue weighted by molar-refractivity contribution is -0.119. The SMILES string of the molecule is CC(C)c1ccc2c(c1)CC[C@H]1[C@](C)(Cn3c(-c4cccc(OCC(N)=O)c4)nc4cc(-c5ccccc5)ccc43)CCC[C@]21C. The number of carbonyl (C=O) groups is 1. The minimum absolute atomic E-state index is 0.0853. The van der Waals surface area contributed by atoms with Gasteiger partial charge in [0.1, 0.15) is 11.6 Å². The lowest BCUT2D eigenvalue weighted by atomic mass is 9.49. The van der Waals surface area contributed by atoms with Crippen molar-refractivity contribution in [3.8, 4) is 28.3 Å². The molecule has 5 heteroatoms. The molecule has 1 aromatic heterocycles. The van der Waals surface area contributed by atoms with Crippen LogP contribution in [0, 0.1) is 11.3 Å². The first-order valence-corrected chi connectivity index (χ1v) is 16.9. The van der Waals surface area contributed by atoms with E-state index in [1.54, 1.807) is 11.1 Å². The molecule has 1 heterocycles. The molecule has 46 heavy (non-hydrogen) atoms. The summed E-state index contributed by atoms with van der Waals surface area (Å²) in [6, 6.07) is 32.4. The van der Waals surface area contributed by atoms with E-state index in [1.807, 2.05) is 24.3 Å². The first kappa shape index (κ1) is 30.3. The van der Waals surface area contributed by atoms with Crippen molar-refractivity contribution in [3.05, 3.63) is 108 Å². The second kappa shape index (κ2) is 11.8. The van der Waals surface area contributed by atoms with Gasteiger partial charge in [-0.2, -0.15) is 0 Å². The summed E-state index contributed by atoms with van der Waals surface area (Å²) in [5, 5.41) is 0. The highest BCUT2D eigenvalue weighted by molar-refractivity contribution is 5.85. The summed E-state index contributed by atoms with van der Waals surface area (Å²) in [5.41, 5.74) is 15.6. The van der Waals surface area contributed by atoms with E-state index in [-0.39, 0.29) is 17.4 Å². The van der Waals surface area contributed by atoms with Crippen LogP contribution in [0.2, 0.25) is 0 Å². The Labute approximate surface area is 272 Å². The molecular weight excluding hydrogens is 566 g/mol. The number of aryl methyl sites for hydroxylation is 1. The molecule has 0 unspecified atom stereocenters. The molecule has 0 saturated heterocycles. The Balaban J connectivity index is 1.32. The molecular formula is C41H45N3O2. The van der Waals surface area contributed by atoms with Crippen LogP contribution in [0.1, 0.15) is 76.0 Å². The summed E-state index contributed by atoms with van der Waals surface area (Å²) in [6.45, 7) is 10.4. The van der Waals surface area contributed by atoms with E-state index in [0.717, 1.165) is 41.0 Å². The molecule has 2 N–H and O–H groups in total. The fraction of sp³-hybridized carbons (Fsp3) is 0.366. The third kappa shape index (κ3) is 5.40. The van der Waals surface area contributed by atoms with Gasteiger partial charge in [0.2, 0.25) is 0 Å². The number of imidazole rings is 1. The number of aromatic nitrogens is 2. The molecule has 1 amide bonds. The Morgan fingerprint density at radius 1 is 0.935 bits per heavy atom. The molecule has 5 nitrogen and oxygen atoms in total. The monoisotopic (exact) mass is 611 g/mol. The van der Waals surface area contributed by atoms with Crippen molar-refractivity contribution in [1.29, 1.82) is 0 Å². The maximum Gasteiger partial charge on any atom is 0.255 e. The number of fused-ring (bicyclic) bond motifs is 4. The van der Waals surface area contributed by atoms with Crippen LogP contribution in [0.25, 0.3) is 33.5 Å². The highest BCUT2D eigenvalue weighted by Crippen LogP contribution is 2.58. The number of benzene rings is 4. The topological polar surface area (TPSA) is 70.1 Å². The highest BCUT2D eigenvalue weighted by atomic mass is 16.5. The zero-order chi connectivity index (χ0) is 32.1. The molecule has 0 bridgehead atoms. The Morgan fingerprint density at radius 3 is 2.52 bits per heavy atom. The average Bonchev–Trinajstić information content (AvgIpc) is 3.41. The normalized spacial score (nSPS) is 22.4. The van der Waals surface area contributed by atoms with Gasteiger partial charge in [-0.3, -0.25) is 4.79 Å². The third-order valence-electron chi connectivity index (χ3n) is 11.0. The third-order valence-corrected chi connectivity index (χ3v) is 11.0. The molecule has 5 aromatic rings. The highest BCUT2D eigenvalue weighted by Gasteiger charge is 2.52. The zero-order valence-corrected chi connectivity index (χ0v) is 27.6. The van der Waals surface area contributed by atoms with Crippen LogP contribution in [0.4, 0.5) is 0 Å². The Morgan fingerprint density at radius 2 is 1.74 bits per heavy atom. The first-order valence-electron chi connectivity index (χ1n) is 16.9. The van der Waals surface area contributed by atoms with Crippen molar-refractivity contribution < 1.29 is 9.53 Å². The number of hydrogen-bond acceptors (Lipinski definition) is 3.